The summed E-state index contributed by atoms with van der Waals surface area (Å²) in [4.78, 5) is 4.46. The molecule has 4 heterocycles. The number of hydrogen-bond acceptors (Lipinski definition) is 4. The van der Waals surface area contributed by atoms with Gasteiger partial charge in [0.2, 0.25) is 0 Å². The van der Waals surface area contributed by atoms with E-state index in [4.69, 9.17) is 4.74 Å². The largest absolute Gasteiger partial charge is 0.573 e. The van der Waals surface area contributed by atoms with Gasteiger partial charge in [0.25, 0.3) is 0 Å². The minimum absolute atomic E-state index is 0.0668. The smallest absolute Gasteiger partial charge is 0.497 e. The van der Waals surface area contributed by atoms with E-state index in [1.165, 1.54) is 12.1 Å². The summed E-state index contributed by atoms with van der Waals surface area (Å²) < 4.78 is 47.9. The number of aromatic nitrogens is 1. The number of alkyl halides is 3. The van der Waals surface area contributed by atoms with Crippen molar-refractivity contribution in [3.8, 4) is 11.5 Å². The van der Waals surface area contributed by atoms with Crippen LogP contribution >= 0.6 is 0 Å². The summed E-state index contributed by atoms with van der Waals surface area (Å²) in [6, 6.07) is 13.6. The van der Waals surface area contributed by atoms with E-state index in [9.17, 15) is 18.3 Å². The predicted octanol–water partition coefficient (Wildman–Crippen LogP) is 5.79. The molecule has 0 amide bonds. The number of nitrogens with zero attached hydrogens (tertiary/aromatic N) is 2. The Balaban J connectivity index is 1.49. The molecule has 6 rings (SSSR count). The van der Waals surface area contributed by atoms with Gasteiger partial charge < -0.3 is 19.1 Å². The monoisotopic (exact) mass is 499 g/mol. The molecule has 1 aromatic heterocycles. The molecule has 36 heavy (non-hydrogen) atoms. The van der Waals surface area contributed by atoms with E-state index in [0.29, 0.717) is 28.6 Å². The highest BCUT2D eigenvalue weighted by atomic mass is 19.4. The molecule has 4 unspecified atom stereocenters. The molecule has 0 aliphatic carbocycles. The van der Waals surface area contributed by atoms with Gasteiger partial charge in [-0.15, -0.1) is 19.8 Å². The number of ether oxygens (including phenoxy) is 2. The molecular formula is C28H30F3N2O3+. The molecule has 0 saturated carbocycles. The second kappa shape index (κ2) is 9.41. The lowest BCUT2D eigenvalue weighted by atomic mass is 9.71. The van der Waals surface area contributed by atoms with Crippen LogP contribution in [-0.2, 0) is 6.54 Å². The van der Waals surface area contributed by atoms with E-state index < -0.39 is 12.5 Å². The molecule has 3 aliphatic heterocycles. The van der Waals surface area contributed by atoms with Crippen LogP contribution in [0.5, 0.6) is 11.5 Å². The van der Waals surface area contributed by atoms with Gasteiger partial charge in [-0.2, -0.15) is 0 Å². The van der Waals surface area contributed by atoms with Crippen molar-refractivity contribution in [3.63, 3.8) is 0 Å². The topological polar surface area (TPSA) is 51.6 Å². The Labute approximate surface area is 208 Å². The third kappa shape index (κ3) is 4.67. The molecule has 3 aliphatic rings. The fourth-order valence-corrected chi connectivity index (χ4v) is 6.28. The van der Waals surface area contributed by atoms with Gasteiger partial charge in [0.1, 0.15) is 30.2 Å². The van der Waals surface area contributed by atoms with E-state index in [0.717, 1.165) is 48.0 Å². The van der Waals surface area contributed by atoms with Crippen molar-refractivity contribution in [3.05, 3.63) is 78.5 Å². The molecule has 0 spiro atoms. The number of rotatable bonds is 7. The van der Waals surface area contributed by atoms with Gasteiger partial charge in [-0.05, 0) is 60.0 Å². The Bertz CT molecular complexity index is 1250. The van der Waals surface area contributed by atoms with Crippen molar-refractivity contribution in [1.82, 2.24) is 4.98 Å². The second-order valence-corrected chi connectivity index (χ2v) is 9.95. The highest BCUT2D eigenvalue weighted by Crippen LogP contribution is 2.48. The van der Waals surface area contributed by atoms with Crippen molar-refractivity contribution < 1.29 is 32.2 Å². The van der Waals surface area contributed by atoms with Gasteiger partial charge in [0, 0.05) is 35.9 Å². The first-order valence-corrected chi connectivity index (χ1v) is 12.1. The van der Waals surface area contributed by atoms with Crippen LogP contribution in [-0.4, -0.2) is 47.2 Å². The van der Waals surface area contributed by atoms with Crippen LogP contribution in [0, 0.1) is 11.8 Å². The van der Waals surface area contributed by atoms with Crippen LogP contribution in [0.3, 0.4) is 0 Å². The average Bonchev–Trinajstić information content (AvgIpc) is 2.87. The summed E-state index contributed by atoms with van der Waals surface area (Å²) in [5, 5.41) is 12.7. The van der Waals surface area contributed by atoms with Gasteiger partial charge in [-0.3, -0.25) is 4.98 Å². The fourth-order valence-electron chi connectivity index (χ4n) is 6.28. The highest BCUT2D eigenvalue weighted by molar-refractivity contribution is 5.83. The number of aliphatic hydroxyl groups is 1. The van der Waals surface area contributed by atoms with Crippen LogP contribution in [0.25, 0.3) is 10.9 Å². The summed E-state index contributed by atoms with van der Waals surface area (Å²) in [7, 11) is 1.61. The number of piperidine rings is 3. The SMILES string of the molecule is C=CC1C[N+]2(Cc3ccc(OC(F)(F)F)cc3)CCC1CC2[C@H](O)c1ccnc2ccc(OC)cc12. The predicted molar refractivity (Wildman–Crippen MR) is 130 cm³/mol. The summed E-state index contributed by atoms with van der Waals surface area (Å²) >= 11 is 0. The minimum atomic E-state index is -4.72. The van der Waals surface area contributed by atoms with E-state index in [1.807, 2.05) is 30.3 Å². The Kier molecular flexibility index (Phi) is 6.43. The number of fused-ring (bicyclic) bond motifs is 4. The van der Waals surface area contributed by atoms with Crippen molar-refractivity contribution in [2.24, 2.45) is 11.8 Å². The van der Waals surface area contributed by atoms with Crippen molar-refractivity contribution in [1.29, 1.82) is 0 Å². The molecule has 3 aromatic rings. The molecule has 5 atom stereocenters. The van der Waals surface area contributed by atoms with Crippen LogP contribution < -0.4 is 9.47 Å². The van der Waals surface area contributed by atoms with E-state index in [2.05, 4.69) is 16.3 Å². The highest BCUT2D eigenvalue weighted by Gasteiger charge is 2.54. The first kappa shape index (κ1) is 24.6. The molecule has 3 fully saturated rings. The Morgan fingerprint density at radius 1 is 1.17 bits per heavy atom. The maximum Gasteiger partial charge on any atom is 0.573 e. The number of halogens is 3. The number of aliphatic hydroxyl groups excluding tert-OH is 1. The van der Waals surface area contributed by atoms with Crippen LogP contribution in [0.1, 0.15) is 30.1 Å². The maximum absolute atomic E-state index is 12.6. The first-order valence-electron chi connectivity index (χ1n) is 12.1. The molecule has 0 radical (unpaired) electrons. The van der Waals surface area contributed by atoms with E-state index in [-0.39, 0.29) is 11.8 Å². The number of methoxy groups -OCH3 is 1. The number of pyridine rings is 1. The third-order valence-electron chi connectivity index (χ3n) is 8.00. The lowest BCUT2D eigenvalue weighted by Crippen LogP contribution is -2.67. The quantitative estimate of drug-likeness (QED) is 0.330. The van der Waals surface area contributed by atoms with E-state index >= 15 is 0 Å². The van der Waals surface area contributed by atoms with Crippen LogP contribution in [0.4, 0.5) is 13.2 Å². The van der Waals surface area contributed by atoms with Crippen LogP contribution in [0.2, 0.25) is 0 Å². The maximum atomic E-state index is 12.6. The summed E-state index contributed by atoms with van der Waals surface area (Å²) in [6.07, 6.45) is 0.164. The van der Waals surface area contributed by atoms with Gasteiger partial charge in [-0.1, -0.05) is 6.08 Å². The summed E-state index contributed by atoms with van der Waals surface area (Å²) in [5.74, 6) is 1.25. The lowest BCUT2D eigenvalue weighted by molar-refractivity contribution is -0.984. The van der Waals surface area contributed by atoms with Crippen molar-refractivity contribution in [2.45, 2.75) is 37.9 Å². The molecule has 2 bridgehead atoms. The van der Waals surface area contributed by atoms with Gasteiger partial charge in [-0.25, -0.2) is 0 Å². The first-order chi connectivity index (χ1) is 17.2. The number of benzene rings is 2. The third-order valence-corrected chi connectivity index (χ3v) is 8.00. The summed E-state index contributed by atoms with van der Waals surface area (Å²) in [6.45, 7) is 6.39. The molecule has 1 N–H and O–H groups in total. The molecule has 2 aromatic carbocycles. The second-order valence-electron chi connectivity index (χ2n) is 9.95. The fraction of sp³-hybridized carbons (Fsp3) is 0.393. The van der Waals surface area contributed by atoms with Crippen molar-refractivity contribution in [2.75, 3.05) is 20.2 Å². The zero-order valence-electron chi connectivity index (χ0n) is 20.1. The van der Waals surface area contributed by atoms with E-state index in [1.54, 1.807) is 25.4 Å². The molecule has 190 valence electrons. The van der Waals surface area contributed by atoms with Crippen LogP contribution in [0.15, 0.2) is 67.4 Å². The average molecular weight is 500 g/mol. The van der Waals surface area contributed by atoms with Gasteiger partial charge >= 0.3 is 6.36 Å². The Morgan fingerprint density at radius 3 is 2.61 bits per heavy atom. The molecule has 8 heteroatoms. The van der Waals surface area contributed by atoms with Gasteiger partial charge in [0.15, 0.2) is 0 Å². The van der Waals surface area contributed by atoms with Crippen molar-refractivity contribution >= 4 is 10.9 Å². The minimum Gasteiger partial charge on any atom is -0.497 e. The summed E-state index contributed by atoms with van der Waals surface area (Å²) in [5.41, 5.74) is 2.52. The lowest BCUT2D eigenvalue weighted by Gasteiger charge is -2.58. The van der Waals surface area contributed by atoms with Gasteiger partial charge in [0.05, 0.1) is 25.7 Å². The Hall–Kier alpha value is -3.10. The molecule has 5 nitrogen and oxygen atoms in total. The number of quaternary nitrogens is 1. The normalized spacial score (nSPS) is 26.5. The molecular weight excluding hydrogens is 469 g/mol. The molecule has 3 saturated heterocycles. The Morgan fingerprint density at radius 2 is 1.92 bits per heavy atom. The standard InChI is InChI=1S/C28H30F3N2O3/c1-3-19-17-33(16-18-4-6-21(7-5-18)36-28(29,30)31)13-11-20(19)14-26(33)27(34)23-10-12-32-25-9-8-22(35-2)15-24(23)25/h3-10,12,15,19-20,26-27,34H,1,11,13-14,16-17H2,2H3/q+1/t19?,20?,26?,27-,33?/m1/s1. The zero-order chi connectivity index (χ0) is 25.5. The zero-order valence-corrected chi connectivity index (χ0v) is 20.1. The number of hydrogen-bond donors (Lipinski definition) is 1.